The molecule has 0 atom stereocenters. The summed E-state index contributed by atoms with van der Waals surface area (Å²) in [4.78, 5) is 14.6. The number of aromatic amines is 1. The zero-order valence-electron chi connectivity index (χ0n) is 13.9. The van der Waals surface area contributed by atoms with Crippen molar-refractivity contribution < 1.29 is 27.8 Å². The molecule has 0 aliphatic rings. The molecule has 2 aromatic carbocycles. The third-order valence-electron chi connectivity index (χ3n) is 4.07. The van der Waals surface area contributed by atoms with Crippen molar-refractivity contribution in [2.24, 2.45) is 0 Å². The van der Waals surface area contributed by atoms with E-state index in [2.05, 4.69) is 4.98 Å². The summed E-state index contributed by atoms with van der Waals surface area (Å²) < 4.78 is 53.9. The number of halogens is 5. The molecule has 3 N–H and O–H groups in total. The Morgan fingerprint density at radius 3 is 2.57 bits per heavy atom. The van der Waals surface area contributed by atoms with Gasteiger partial charge in [0, 0.05) is 21.5 Å². The van der Waals surface area contributed by atoms with Crippen molar-refractivity contribution in [2.45, 2.75) is 6.18 Å². The van der Waals surface area contributed by atoms with Crippen LogP contribution < -0.4 is 5.56 Å². The van der Waals surface area contributed by atoms with Gasteiger partial charge in [-0.3, -0.25) is 4.79 Å². The first-order valence-corrected chi connectivity index (χ1v) is 8.23. The number of H-pyrrole nitrogens is 1. The van der Waals surface area contributed by atoms with Crippen LogP contribution in [0, 0.1) is 0 Å². The summed E-state index contributed by atoms with van der Waals surface area (Å²) in [7, 11) is 0. The Kier molecular flexibility index (Phi) is 5.18. The average Bonchev–Trinajstić information content (AvgIpc) is 2.63. The molecule has 146 valence electrons. The number of nitrogens with one attached hydrogen (secondary N) is 1. The molecule has 0 radical (unpaired) electrons. The quantitative estimate of drug-likeness (QED) is 0.536. The first kappa shape index (κ1) is 19.9. The third-order valence-corrected chi connectivity index (χ3v) is 4.31. The Bertz CT molecular complexity index is 1150. The van der Waals surface area contributed by atoms with Gasteiger partial charge in [-0.25, -0.2) is 4.39 Å². The molecule has 1 heterocycles. The first-order valence-electron chi connectivity index (χ1n) is 7.85. The summed E-state index contributed by atoms with van der Waals surface area (Å²) in [5, 5.41) is 19.2. The summed E-state index contributed by atoms with van der Waals surface area (Å²) in [6.07, 6.45) is -4.06. The normalized spacial score (nSPS) is 12.6. The molecule has 0 aliphatic carbocycles. The van der Waals surface area contributed by atoms with E-state index in [4.69, 9.17) is 16.7 Å². The number of aromatic hydroxyl groups is 1. The van der Waals surface area contributed by atoms with Crippen molar-refractivity contribution in [3.8, 4) is 16.9 Å². The number of benzene rings is 2. The first-order chi connectivity index (χ1) is 13.1. The fraction of sp³-hybridized carbons (Fsp3) is 0.105. The van der Waals surface area contributed by atoms with Crippen LogP contribution in [0.1, 0.15) is 11.1 Å². The minimum absolute atomic E-state index is 0.0556. The highest BCUT2D eigenvalue weighted by Crippen LogP contribution is 2.41. The molecule has 3 aromatic rings. The maximum Gasteiger partial charge on any atom is 0.418 e. The maximum absolute atomic E-state index is 13.7. The number of phenolic OH excluding ortho intramolecular Hbond substituents is 1. The van der Waals surface area contributed by atoms with Gasteiger partial charge in [-0.15, -0.1) is 0 Å². The number of phenols is 1. The number of hydrogen-bond acceptors (Lipinski definition) is 3. The molecule has 0 spiro atoms. The predicted molar refractivity (Wildman–Crippen MR) is 97.9 cm³/mol. The zero-order chi connectivity index (χ0) is 20.6. The number of aromatic nitrogens is 1. The standard InChI is InChI=1S/C19H12ClF4NO3/c20-9-4-5-15(27)12(6-9)16-11-2-1-3-14(19(22,23)24)17(11)25-18(28)13(16)7-10(21)8-26/h1-7,26-27H,8H2,(H,25,28)/b10-7+. The number of alkyl halides is 3. The van der Waals surface area contributed by atoms with Crippen LogP contribution in [0.15, 0.2) is 47.0 Å². The van der Waals surface area contributed by atoms with Gasteiger partial charge in [0.05, 0.1) is 23.3 Å². The smallest absolute Gasteiger partial charge is 0.418 e. The van der Waals surface area contributed by atoms with Crippen LogP contribution in [0.4, 0.5) is 17.6 Å². The number of fused-ring (bicyclic) bond motifs is 1. The minimum atomic E-state index is -4.76. The van der Waals surface area contributed by atoms with Gasteiger partial charge >= 0.3 is 6.18 Å². The van der Waals surface area contributed by atoms with Gasteiger partial charge in [0.1, 0.15) is 11.6 Å². The summed E-state index contributed by atoms with van der Waals surface area (Å²) in [5.41, 5.74) is -3.20. The van der Waals surface area contributed by atoms with Crippen LogP contribution in [0.5, 0.6) is 5.75 Å². The van der Waals surface area contributed by atoms with Crippen LogP contribution in [0.25, 0.3) is 28.1 Å². The van der Waals surface area contributed by atoms with E-state index < -0.39 is 35.2 Å². The van der Waals surface area contributed by atoms with Crippen molar-refractivity contribution in [1.29, 1.82) is 0 Å². The van der Waals surface area contributed by atoms with Crippen molar-refractivity contribution in [3.05, 3.63) is 68.7 Å². The van der Waals surface area contributed by atoms with Gasteiger partial charge in [-0.1, -0.05) is 23.7 Å². The van der Waals surface area contributed by atoms with Crippen LogP contribution in [-0.4, -0.2) is 21.8 Å². The number of para-hydroxylation sites is 1. The molecule has 0 fully saturated rings. The molecule has 0 saturated heterocycles. The van der Waals surface area contributed by atoms with Gasteiger partial charge < -0.3 is 15.2 Å². The SMILES string of the molecule is O=c1[nH]c2c(C(F)(F)F)cccc2c(-c2cc(Cl)ccc2O)c1/C=C(/F)CO. The second kappa shape index (κ2) is 7.29. The number of aliphatic hydroxyl groups excluding tert-OH is 1. The second-order valence-electron chi connectivity index (χ2n) is 5.88. The molecular formula is C19H12ClF4NO3. The van der Waals surface area contributed by atoms with Crippen molar-refractivity contribution in [2.75, 3.05) is 6.61 Å². The Labute approximate surface area is 160 Å². The summed E-state index contributed by atoms with van der Waals surface area (Å²) in [5.74, 6) is -1.45. The Morgan fingerprint density at radius 2 is 1.93 bits per heavy atom. The molecular weight excluding hydrogens is 402 g/mol. The zero-order valence-corrected chi connectivity index (χ0v) is 14.7. The molecule has 0 bridgehead atoms. The van der Waals surface area contributed by atoms with Crippen LogP contribution in [0.2, 0.25) is 5.02 Å². The van der Waals surface area contributed by atoms with Gasteiger partial charge in [-0.05, 0) is 30.3 Å². The highest BCUT2D eigenvalue weighted by molar-refractivity contribution is 6.31. The van der Waals surface area contributed by atoms with E-state index in [1.807, 2.05) is 0 Å². The molecule has 4 nitrogen and oxygen atoms in total. The molecule has 9 heteroatoms. The molecule has 0 saturated carbocycles. The van der Waals surface area contributed by atoms with E-state index >= 15 is 0 Å². The molecule has 0 amide bonds. The van der Waals surface area contributed by atoms with Crippen molar-refractivity contribution in [1.82, 2.24) is 4.98 Å². The average molecular weight is 414 g/mol. The number of hydrogen-bond donors (Lipinski definition) is 3. The third kappa shape index (κ3) is 3.61. The van der Waals surface area contributed by atoms with Crippen LogP contribution in [-0.2, 0) is 6.18 Å². The maximum atomic E-state index is 13.7. The molecule has 0 aliphatic heterocycles. The van der Waals surface area contributed by atoms with Crippen molar-refractivity contribution >= 4 is 28.6 Å². The lowest BCUT2D eigenvalue weighted by Gasteiger charge is -2.16. The largest absolute Gasteiger partial charge is 0.507 e. The molecule has 1 aromatic heterocycles. The topological polar surface area (TPSA) is 73.3 Å². The Hall–Kier alpha value is -2.84. The van der Waals surface area contributed by atoms with E-state index in [1.54, 1.807) is 0 Å². The lowest BCUT2D eigenvalue weighted by atomic mass is 9.93. The Morgan fingerprint density at radius 1 is 1.21 bits per heavy atom. The van der Waals surface area contributed by atoms with Gasteiger partial charge in [0.15, 0.2) is 0 Å². The highest BCUT2D eigenvalue weighted by Gasteiger charge is 2.34. The number of aliphatic hydroxyl groups is 1. The number of rotatable bonds is 3. The van der Waals surface area contributed by atoms with Gasteiger partial charge in [-0.2, -0.15) is 13.2 Å². The fourth-order valence-corrected chi connectivity index (χ4v) is 3.08. The van der Waals surface area contributed by atoms with E-state index in [1.165, 1.54) is 24.3 Å². The van der Waals surface area contributed by atoms with E-state index in [9.17, 15) is 27.5 Å². The summed E-state index contributed by atoms with van der Waals surface area (Å²) in [6.45, 7) is -1.01. The van der Waals surface area contributed by atoms with E-state index in [-0.39, 0.29) is 32.8 Å². The van der Waals surface area contributed by atoms with Crippen molar-refractivity contribution in [3.63, 3.8) is 0 Å². The Balaban J connectivity index is 2.56. The molecule has 0 unspecified atom stereocenters. The van der Waals surface area contributed by atoms with Gasteiger partial charge in [0.2, 0.25) is 0 Å². The predicted octanol–water partition coefficient (Wildman–Crippen LogP) is 4.88. The highest BCUT2D eigenvalue weighted by atomic mass is 35.5. The minimum Gasteiger partial charge on any atom is -0.507 e. The van der Waals surface area contributed by atoms with Gasteiger partial charge in [0.25, 0.3) is 5.56 Å². The summed E-state index contributed by atoms with van der Waals surface area (Å²) in [6, 6.07) is 7.02. The molecule has 3 rings (SSSR count). The summed E-state index contributed by atoms with van der Waals surface area (Å²) >= 11 is 5.94. The van der Waals surface area contributed by atoms with Crippen LogP contribution >= 0.6 is 11.6 Å². The molecule has 28 heavy (non-hydrogen) atoms. The monoisotopic (exact) mass is 413 g/mol. The number of pyridine rings is 1. The van der Waals surface area contributed by atoms with Crippen LogP contribution in [0.3, 0.4) is 0 Å². The van der Waals surface area contributed by atoms with E-state index in [0.717, 1.165) is 12.1 Å². The lowest BCUT2D eigenvalue weighted by Crippen LogP contribution is -2.15. The lowest BCUT2D eigenvalue weighted by molar-refractivity contribution is -0.136. The van der Waals surface area contributed by atoms with E-state index in [0.29, 0.717) is 6.08 Å². The second-order valence-corrected chi connectivity index (χ2v) is 6.32. The fourth-order valence-electron chi connectivity index (χ4n) is 2.91.